The molecule has 4 N–H and O–H groups in total. The SMILES string of the molecule is COC(=O)N[C@H](C(=O)N1[C@@H]2CC[C@@H](C2)[C@H]1c1ncc(-c2ccc3cc(-c4ccc(-c5cnc([C@@H]6CC7(CC7)CN6C(=O)[C@@H](NC(=O)OC)C6CC6)[nH]5)cc4)ccc3c2)[nH]1)C(C)C. The van der Waals surface area contributed by atoms with Gasteiger partial charge in [-0.2, -0.15) is 0 Å². The minimum atomic E-state index is -0.681. The number of H-pyrrole nitrogens is 2. The summed E-state index contributed by atoms with van der Waals surface area (Å²) in [6.45, 7) is 4.55. The quantitative estimate of drug-likeness (QED) is 0.104. The summed E-state index contributed by atoms with van der Waals surface area (Å²) in [5, 5.41) is 7.80. The third-order valence-corrected chi connectivity index (χ3v) is 14.3. The van der Waals surface area contributed by atoms with E-state index in [-0.39, 0.29) is 47.2 Å². The number of carbonyl (C=O) groups is 4. The van der Waals surface area contributed by atoms with Crippen molar-refractivity contribution in [2.45, 2.75) is 95.4 Å². The lowest BCUT2D eigenvalue weighted by molar-refractivity contribution is -0.139. The van der Waals surface area contributed by atoms with Crippen LogP contribution in [-0.4, -0.2) is 92.6 Å². The summed E-state index contributed by atoms with van der Waals surface area (Å²) in [7, 11) is 2.64. The maximum absolute atomic E-state index is 14.0. The van der Waals surface area contributed by atoms with Gasteiger partial charge < -0.3 is 39.9 Å². The highest BCUT2D eigenvalue weighted by Crippen LogP contribution is 2.58. The number of nitrogens with one attached hydrogen (secondary N) is 4. The Bertz CT molecular complexity index is 2540. The first-order valence-electron chi connectivity index (χ1n) is 22.1. The second-order valence-electron chi connectivity index (χ2n) is 18.6. The van der Waals surface area contributed by atoms with E-state index in [1.54, 1.807) is 0 Å². The van der Waals surface area contributed by atoms with Crippen molar-refractivity contribution < 1.29 is 28.7 Å². The van der Waals surface area contributed by atoms with Gasteiger partial charge in [-0.3, -0.25) is 9.59 Å². The van der Waals surface area contributed by atoms with Crippen LogP contribution in [0.2, 0.25) is 0 Å². The second kappa shape index (κ2) is 15.6. The Morgan fingerprint density at radius 1 is 0.742 bits per heavy atom. The predicted molar refractivity (Wildman–Crippen MR) is 232 cm³/mol. The van der Waals surface area contributed by atoms with E-state index in [4.69, 9.17) is 19.4 Å². The summed E-state index contributed by atoms with van der Waals surface area (Å²) in [5.74, 6) is 1.78. The number of fused-ring (bicyclic) bond motifs is 3. The van der Waals surface area contributed by atoms with Crippen LogP contribution < -0.4 is 10.6 Å². The number of amides is 4. The van der Waals surface area contributed by atoms with Gasteiger partial charge >= 0.3 is 12.2 Å². The number of piperidine rings is 1. The van der Waals surface area contributed by atoms with E-state index in [1.165, 1.54) is 14.2 Å². The van der Waals surface area contributed by atoms with Gasteiger partial charge in [-0.1, -0.05) is 62.4 Å². The molecule has 0 unspecified atom stereocenters. The summed E-state index contributed by atoms with van der Waals surface area (Å²) in [6.07, 6.45) is 10.4. The zero-order valence-corrected chi connectivity index (χ0v) is 35.6. The topological polar surface area (TPSA) is 175 Å². The molecule has 5 fully saturated rings. The molecule has 2 bridgehead atoms. The molecule has 3 aromatic carbocycles. The van der Waals surface area contributed by atoms with E-state index in [9.17, 15) is 19.2 Å². The lowest BCUT2D eigenvalue weighted by Gasteiger charge is -2.37. The van der Waals surface area contributed by atoms with Crippen molar-refractivity contribution in [3.63, 3.8) is 0 Å². The number of imidazole rings is 2. The Labute approximate surface area is 360 Å². The van der Waals surface area contributed by atoms with Crippen molar-refractivity contribution in [3.05, 3.63) is 84.7 Å². The summed E-state index contributed by atoms with van der Waals surface area (Å²) < 4.78 is 9.68. The molecule has 14 heteroatoms. The van der Waals surface area contributed by atoms with E-state index in [0.717, 1.165) is 107 Å². The fourth-order valence-corrected chi connectivity index (χ4v) is 10.5. The van der Waals surface area contributed by atoms with Crippen molar-refractivity contribution in [1.82, 2.24) is 40.4 Å². The first kappa shape index (κ1) is 39.9. The van der Waals surface area contributed by atoms with E-state index in [1.807, 2.05) is 36.0 Å². The molecule has 14 nitrogen and oxygen atoms in total. The maximum atomic E-state index is 14.0. The number of hydrogen-bond acceptors (Lipinski definition) is 8. The molecule has 5 aromatic rings. The Hall–Kier alpha value is -6.18. The van der Waals surface area contributed by atoms with Crippen molar-refractivity contribution >= 4 is 34.8 Å². The van der Waals surface area contributed by atoms with Crippen LogP contribution >= 0.6 is 0 Å². The normalized spacial score (nSPS) is 23.2. The van der Waals surface area contributed by atoms with Crippen molar-refractivity contribution in [3.8, 4) is 33.6 Å². The number of ether oxygens (including phenoxy) is 2. The number of rotatable bonds is 11. The van der Waals surface area contributed by atoms with E-state index in [2.05, 4.69) is 81.3 Å². The summed E-state index contributed by atoms with van der Waals surface area (Å²) in [6, 6.07) is 19.9. The van der Waals surface area contributed by atoms with Gasteiger partial charge in [0.25, 0.3) is 0 Å². The molecule has 10 rings (SSSR count). The third kappa shape index (κ3) is 7.36. The number of aromatic amines is 2. The number of benzene rings is 3. The van der Waals surface area contributed by atoms with Gasteiger partial charge in [0.2, 0.25) is 11.8 Å². The first-order valence-corrected chi connectivity index (χ1v) is 22.1. The minimum absolute atomic E-state index is 0.0450. The zero-order valence-electron chi connectivity index (χ0n) is 35.6. The van der Waals surface area contributed by atoms with E-state index in [0.29, 0.717) is 12.5 Å². The van der Waals surface area contributed by atoms with E-state index < -0.39 is 24.3 Å². The van der Waals surface area contributed by atoms with Crippen LogP contribution in [0.3, 0.4) is 0 Å². The Morgan fingerprint density at radius 2 is 1.35 bits per heavy atom. The van der Waals surface area contributed by atoms with Crippen LogP contribution in [0.1, 0.15) is 88.9 Å². The molecule has 62 heavy (non-hydrogen) atoms. The summed E-state index contributed by atoms with van der Waals surface area (Å²) in [5.41, 5.74) is 6.15. The number of alkyl carbamates (subject to hydrolysis) is 2. The van der Waals surface area contributed by atoms with Gasteiger partial charge in [0.15, 0.2) is 0 Å². The number of nitrogens with zero attached hydrogens (tertiary/aromatic N) is 4. The Kier molecular flexibility index (Phi) is 10.1. The Balaban J connectivity index is 0.832. The fourth-order valence-electron chi connectivity index (χ4n) is 10.5. The summed E-state index contributed by atoms with van der Waals surface area (Å²) >= 11 is 0. The number of hydrogen-bond donors (Lipinski definition) is 4. The largest absolute Gasteiger partial charge is 0.453 e. The molecule has 3 aliphatic carbocycles. The highest BCUT2D eigenvalue weighted by Gasteiger charge is 2.56. The van der Waals surface area contributed by atoms with E-state index >= 15 is 0 Å². The molecule has 0 radical (unpaired) electrons. The molecular formula is C48H54N8O6. The molecule has 2 saturated heterocycles. The van der Waals surface area contributed by atoms with Crippen LogP contribution in [0.4, 0.5) is 9.59 Å². The lowest BCUT2D eigenvalue weighted by Crippen LogP contribution is -2.54. The number of aromatic nitrogens is 4. The van der Waals surface area contributed by atoms with Crippen LogP contribution in [0.5, 0.6) is 0 Å². The highest BCUT2D eigenvalue weighted by molar-refractivity contribution is 5.91. The fraction of sp³-hybridized carbons (Fsp3) is 0.458. The van der Waals surface area contributed by atoms with Gasteiger partial charge in [0.1, 0.15) is 23.7 Å². The smallest absolute Gasteiger partial charge is 0.407 e. The van der Waals surface area contributed by atoms with Crippen molar-refractivity contribution in [2.75, 3.05) is 20.8 Å². The molecule has 4 heterocycles. The van der Waals surface area contributed by atoms with Crippen molar-refractivity contribution in [1.29, 1.82) is 0 Å². The monoisotopic (exact) mass is 838 g/mol. The molecule has 4 amide bonds. The lowest BCUT2D eigenvalue weighted by atomic mass is 9.95. The molecule has 3 saturated carbocycles. The second-order valence-corrected chi connectivity index (χ2v) is 18.6. The van der Waals surface area contributed by atoms with Crippen LogP contribution in [0.25, 0.3) is 44.4 Å². The maximum Gasteiger partial charge on any atom is 0.407 e. The molecule has 5 aliphatic rings. The zero-order chi connectivity index (χ0) is 42.9. The van der Waals surface area contributed by atoms with Gasteiger partial charge in [-0.05, 0) is 114 Å². The number of likely N-dealkylation sites (tertiary alicyclic amines) is 2. The number of methoxy groups -OCH3 is 2. The van der Waals surface area contributed by atoms with Gasteiger partial charge in [-0.15, -0.1) is 0 Å². The van der Waals surface area contributed by atoms with Crippen LogP contribution in [-0.2, 0) is 19.1 Å². The molecule has 2 aliphatic heterocycles. The van der Waals surface area contributed by atoms with Crippen molar-refractivity contribution in [2.24, 2.45) is 23.2 Å². The Morgan fingerprint density at radius 3 is 2.03 bits per heavy atom. The van der Waals surface area contributed by atoms with Gasteiger partial charge in [0, 0.05) is 18.2 Å². The molecule has 2 aromatic heterocycles. The predicted octanol–water partition coefficient (Wildman–Crippen LogP) is 7.91. The average molecular weight is 839 g/mol. The van der Waals surface area contributed by atoms with Crippen LogP contribution in [0, 0.1) is 23.2 Å². The van der Waals surface area contributed by atoms with Crippen LogP contribution in [0.15, 0.2) is 73.1 Å². The molecule has 322 valence electrons. The first-order chi connectivity index (χ1) is 30.0. The standard InChI is InChI=1S/C48H54N8O6/c1-26(2)39(53-46(59)61-3)45(58)56-35-16-15-34(21-35)41(56)43-50-24-37(52-43)33-14-13-31-19-30(11-12-32(31)20-33)27-5-7-28(8-6-27)36-23-49-42(51-36)38-22-48(17-18-48)25-55(38)44(57)40(29-9-10-29)54-47(60)62-4/h5-8,11-14,19-20,23-24,26,29,34-35,38-41H,9-10,15-18,21-22,25H2,1-4H3,(H,49,51)(H,50,52)(H,53,59)(H,54,60)/t34-,35+,38-,39-,40-,41-/m0/s1. The minimum Gasteiger partial charge on any atom is -0.453 e. The van der Waals surface area contributed by atoms with Gasteiger partial charge in [-0.25, -0.2) is 19.6 Å². The number of carbonyl (C=O) groups excluding carboxylic acids is 4. The van der Waals surface area contributed by atoms with Gasteiger partial charge in [0.05, 0.1) is 50.1 Å². The third-order valence-electron chi connectivity index (χ3n) is 14.3. The average Bonchev–Trinajstić information content (AvgIpc) is 3.84. The summed E-state index contributed by atoms with van der Waals surface area (Å²) in [4.78, 5) is 72.9. The molecular weight excluding hydrogens is 785 g/mol. The molecule has 1 spiro atoms. The highest BCUT2D eigenvalue weighted by atomic mass is 16.5. The molecule has 6 atom stereocenters.